The summed E-state index contributed by atoms with van der Waals surface area (Å²) < 4.78 is 25.8. The molecule has 0 aliphatic heterocycles. The van der Waals surface area contributed by atoms with Gasteiger partial charge in [0, 0.05) is 44.4 Å². The van der Waals surface area contributed by atoms with E-state index < -0.39 is 0 Å². The van der Waals surface area contributed by atoms with Gasteiger partial charge in [-0.05, 0) is 123 Å². The fourth-order valence-electron chi connectivity index (χ4n) is 11.9. The van der Waals surface area contributed by atoms with E-state index in [1.807, 2.05) is 36.7 Å². The summed E-state index contributed by atoms with van der Waals surface area (Å²) in [7, 11) is 0. The Morgan fingerprint density at radius 2 is 0.505 bits per heavy atom. The first-order chi connectivity index (χ1) is 47.0. The number of rotatable bonds is 56. The average Bonchev–Trinajstić information content (AvgIpc) is 1.82. The van der Waals surface area contributed by atoms with Crippen molar-refractivity contribution in [1.82, 2.24) is 20.4 Å². The first-order valence-corrected chi connectivity index (χ1v) is 40.3. The molecule has 0 spiro atoms. The standard InChI is InChI=1S/C82H118N6O4S3/c1-5-9-13-17-21-25-29-33-37-41-59-89-75-57-49-69(63-77(75)91-61-43-39-35-31-27-23-19-15-11-7-3)81-87-85-79(94-81)67-45-51-71(52-46-67)83-65-73-55-56-74(93-73)66-84-72-53-47-68(48-54-72)80-86-88-82(95-80)70-50-58-76(90-60-42-38-34-30-26-22-18-14-10-6-2)78(64-70)92-62-44-40-36-32-28-24-20-16-12-8-4/h45-58,63-66H,5-44,59-62H2,1-4H3. The fourth-order valence-corrected chi connectivity index (χ4v) is 14.4. The lowest BCUT2D eigenvalue weighted by molar-refractivity contribution is 0.258. The Morgan fingerprint density at radius 1 is 0.263 bits per heavy atom. The maximum Gasteiger partial charge on any atom is 0.161 e. The first kappa shape index (κ1) is 76.6. The second-order valence-corrected chi connectivity index (χ2v) is 29.2. The Balaban J connectivity index is 0.876. The Labute approximate surface area is 586 Å². The monoisotopic (exact) mass is 1350 g/mol. The van der Waals surface area contributed by atoms with Gasteiger partial charge in [-0.2, -0.15) is 0 Å². The quantitative estimate of drug-likeness (QED) is 0.0274. The molecule has 0 fully saturated rings. The van der Waals surface area contributed by atoms with Crippen LogP contribution in [0.5, 0.6) is 23.0 Å². The Bertz CT molecular complexity index is 2930. The lowest BCUT2D eigenvalue weighted by Gasteiger charge is -2.14. The molecule has 0 N–H and O–H groups in total. The van der Waals surface area contributed by atoms with Crippen molar-refractivity contribution in [3.63, 3.8) is 0 Å². The summed E-state index contributed by atoms with van der Waals surface area (Å²) in [4.78, 5) is 11.7. The number of benzene rings is 4. The molecule has 0 bridgehead atoms. The van der Waals surface area contributed by atoms with Crippen molar-refractivity contribution in [1.29, 1.82) is 0 Å². The summed E-state index contributed by atoms with van der Waals surface area (Å²) in [5.41, 5.74) is 5.73. The topological polar surface area (TPSA) is 113 Å². The molecule has 3 heterocycles. The van der Waals surface area contributed by atoms with Crippen molar-refractivity contribution >= 4 is 57.8 Å². The van der Waals surface area contributed by atoms with Gasteiger partial charge in [-0.15, -0.1) is 31.7 Å². The van der Waals surface area contributed by atoms with Crippen LogP contribution in [0.3, 0.4) is 0 Å². The fraction of sp³-hybridized carbons (Fsp3) is 0.585. The summed E-state index contributed by atoms with van der Waals surface area (Å²) in [6.45, 7) is 11.9. The number of unbranched alkanes of at least 4 members (excludes halogenated alkanes) is 36. The average molecular weight is 1350 g/mol. The van der Waals surface area contributed by atoms with E-state index in [-0.39, 0.29) is 0 Å². The molecule has 0 aliphatic rings. The van der Waals surface area contributed by atoms with Gasteiger partial charge in [0.2, 0.25) is 0 Å². The van der Waals surface area contributed by atoms with Crippen LogP contribution in [-0.2, 0) is 0 Å². The third-order valence-corrected chi connectivity index (χ3v) is 20.8. The third kappa shape index (κ3) is 31.1. The summed E-state index contributed by atoms with van der Waals surface area (Å²) in [5.74, 6) is 3.23. The molecule has 4 aromatic carbocycles. The van der Waals surface area contributed by atoms with Gasteiger partial charge in [0.05, 0.1) is 37.8 Å². The van der Waals surface area contributed by atoms with Crippen LogP contribution in [0.25, 0.3) is 42.3 Å². The van der Waals surface area contributed by atoms with Crippen molar-refractivity contribution in [2.24, 2.45) is 9.98 Å². The van der Waals surface area contributed by atoms with Gasteiger partial charge < -0.3 is 18.9 Å². The zero-order valence-electron chi connectivity index (χ0n) is 59.0. The highest BCUT2D eigenvalue weighted by atomic mass is 32.1. The Kier molecular flexibility index (Phi) is 39.4. The van der Waals surface area contributed by atoms with E-state index in [2.05, 4.69) is 121 Å². The lowest BCUT2D eigenvalue weighted by atomic mass is 10.1. The SMILES string of the molecule is CCCCCCCCCCCCOc1ccc(-c2nnc(-c3ccc(N=Cc4ccc(C=Nc5ccc(-c6nnc(-c7ccc(OCCCCCCCCCCCC)c(OCCCCCCCCCCCC)c7)s6)cc5)s4)cc3)s2)cc1OCCCCCCCCCCCC. The molecule has 10 nitrogen and oxygen atoms in total. The van der Waals surface area contributed by atoms with E-state index in [1.165, 1.54) is 231 Å². The molecule has 518 valence electrons. The molecule has 7 aromatic rings. The van der Waals surface area contributed by atoms with Crippen LogP contribution < -0.4 is 18.9 Å². The number of hydrogen-bond acceptors (Lipinski definition) is 13. The molecule has 0 saturated heterocycles. The molecule has 95 heavy (non-hydrogen) atoms. The summed E-state index contributed by atoms with van der Waals surface area (Å²) in [6, 6.07) is 33.1. The number of nitrogens with zero attached hydrogens (tertiary/aromatic N) is 6. The van der Waals surface area contributed by atoms with Crippen LogP contribution >= 0.6 is 34.0 Å². The summed E-state index contributed by atoms with van der Waals surface area (Å²) >= 11 is 4.83. The second-order valence-electron chi connectivity index (χ2n) is 26.1. The molecule has 13 heteroatoms. The van der Waals surface area contributed by atoms with E-state index in [0.29, 0.717) is 26.4 Å². The minimum atomic E-state index is 0.683. The highest BCUT2D eigenvalue weighted by molar-refractivity contribution is 7.18. The van der Waals surface area contributed by atoms with Crippen molar-refractivity contribution < 1.29 is 18.9 Å². The molecule has 0 amide bonds. The van der Waals surface area contributed by atoms with Crippen LogP contribution in [0.15, 0.2) is 107 Å². The minimum absolute atomic E-state index is 0.683. The second kappa shape index (κ2) is 48.9. The minimum Gasteiger partial charge on any atom is -0.490 e. The maximum atomic E-state index is 6.49. The number of thiophene rings is 1. The zero-order valence-corrected chi connectivity index (χ0v) is 61.5. The highest BCUT2D eigenvalue weighted by Crippen LogP contribution is 2.39. The van der Waals surface area contributed by atoms with E-state index in [0.717, 1.165) is 112 Å². The highest BCUT2D eigenvalue weighted by Gasteiger charge is 2.16. The van der Waals surface area contributed by atoms with Crippen molar-refractivity contribution in [2.45, 2.75) is 285 Å². The molecule has 0 aliphatic carbocycles. The summed E-state index contributed by atoms with van der Waals surface area (Å²) in [6.07, 6.45) is 55.8. The predicted molar refractivity (Wildman–Crippen MR) is 410 cm³/mol. The van der Waals surface area contributed by atoms with Crippen molar-refractivity contribution in [2.75, 3.05) is 26.4 Å². The number of hydrogen-bond donors (Lipinski definition) is 0. The van der Waals surface area contributed by atoms with Crippen LogP contribution in [0.4, 0.5) is 11.4 Å². The van der Waals surface area contributed by atoms with Crippen LogP contribution in [-0.4, -0.2) is 59.3 Å². The zero-order chi connectivity index (χ0) is 66.3. The van der Waals surface area contributed by atoms with Gasteiger partial charge in [-0.25, -0.2) is 0 Å². The predicted octanol–water partition coefficient (Wildman–Crippen LogP) is 26.8. The molecule has 7 rings (SSSR count). The van der Waals surface area contributed by atoms with Crippen LogP contribution in [0.1, 0.15) is 294 Å². The molecule has 0 unspecified atom stereocenters. The molecule has 0 saturated carbocycles. The molecule has 0 radical (unpaired) electrons. The normalized spacial score (nSPS) is 11.7. The largest absolute Gasteiger partial charge is 0.490 e. The number of ether oxygens (including phenoxy) is 4. The number of aromatic nitrogens is 4. The van der Waals surface area contributed by atoms with Gasteiger partial charge in [0.25, 0.3) is 0 Å². The van der Waals surface area contributed by atoms with E-state index in [9.17, 15) is 0 Å². The van der Waals surface area contributed by atoms with Crippen molar-refractivity contribution in [3.05, 3.63) is 107 Å². The number of aliphatic imine (C=N–C) groups is 2. The summed E-state index contributed by atoms with van der Waals surface area (Å²) in [5, 5.41) is 22.0. The van der Waals surface area contributed by atoms with E-state index >= 15 is 0 Å². The van der Waals surface area contributed by atoms with Gasteiger partial charge in [0.15, 0.2) is 23.0 Å². The maximum absolute atomic E-state index is 6.49. The Morgan fingerprint density at radius 3 is 0.789 bits per heavy atom. The Hall–Kier alpha value is -5.76. The molecule has 3 aromatic heterocycles. The van der Waals surface area contributed by atoms with Gasteiger partial charge in [-0.1, -0.05) is 282 Å². The molecular weight excluding hydrogens is 1230 g/mol. The molecular formula is C82H118N6O4S3. The molecule has 0 atom stereocenters. The van der Waals surface area contributed by atoms with E-state index in [1.54, 1.807) is 34.0 Å². The van der Waals surface area contributed by atoms with Gasteiger partial charge >= 0.3 is 0 Å². The van der Waals surface area contributed by atoms with Crippen LogP contribution in [0.2, 0.25) is 0 Å². The smallest absolute Gasteiger partial charge is 0.161 e. The lowest BCUT2D eigenvalue weighted by Crippen LogP contribution is -2.03. The van der Waals surface area contributed by atoms with E-state index in [4.69, 9.17) is 28.9 Å². The van der Waals surface area contributed by atoms with Gasteiger partial charge in [-0.3, -0.25) is 9.98 Å². The first-order valence-electron chi connectivity index (χ1n) is 37.9. The third-order valence-electron chi connectivity index (χ3n) is 17.8. The van der Waals surface area contributed by atoms with Crippen molar-refractivity contribution in [3.8, 4) is 65.3 Å². The van der Waals surface area contributed by atoms with Crippen LogP contribution in [0, 0.1) is 0 Å². The van der Waals surface area contributed by atoms with Gasteiger partial charge in [0.1, 0.15) is 20.0 Å².